The van der Waals surface area contributed by atoms with Crippen LogP contribution in [0.3, 0.4) is 0 Å². The number of urea groups is 1. The van der Waals surface area contributed by atoms with Crippen LogP contribution in [-0.2, 0) is 21.6 Å². The van der Waals surface area contributed by atoms with E-state index in [-0.39, 0.29) is 23.3 Å². The molecule has 10 nitrogen and oxygen atoms in total. The molecule has 4 bridgehead atoms. The van der Waals surface area contributed by atoms with E-state index < -0.39 is 22.8 Å². The number of barbiturate groups is 1. The van der Waals surface area contributed by atoms with Crippen LogP contribution in [0, 0.1) is 27.9 Å². The Morgan fingerprint density at radius 2 is 1.60 bits per heavy atom. The van der Waals surface area contributed by atoms with Crippen LogP contribution >= 0.6 is 15.9 Å². The van der Waals surface area contributed by atoms with E-state index in [2.05, 4.69) is 33.4 Å². The maximum absolute atomic E-state index is 13.7. The lowest BCUT2D eigenvalue weighted by atomic mass is 9.48. The summed E-state index contributed by atoms with van der Waals surface area (Å²) < 4.78 is 12.3. The first-order valence-electron chi connectivity index (χ1n) is 16.0. The molecule has 4 amide bonds. The number of carbonyl (C=O) groups is 3. The zero-order chi connectivity index (χ0) is 32.9. The van der Waals surface area contributed by atoms with E-state index in [0.29, 0.717) is 33.8 Å². The topological polar surface area (TPSA) is 128 Å². The average Bonchev–Trinajstić information content (AvgIpc) is 3.02. The van der Waals surface area contributed by atoms with Gasteiger partial charge in [-0.05, 0) is 144 Å². The summed E-state index contributed by atoms with van der Waals surface area (Å²) in [6.45, 7) is 2.26. The van der Waals surface area contributed by atoms with Crippen molar-refractivity contribution in [1.82, 2.24) is 5.32 Å². The van der Waals surface area contributed by atoms with E-state index in [1.807, 2.05) is 19.1 Å². The molecular formula is C36H34BrN3O7. The molecule has 3 aromatic rings. The standard InChI is InChI=1S/C36H34BrN3O7/c1-2-46-31-16-22(15-30(37)32(31)47-20-21-3-7-28(8-4-21)40(44)45)14-29-33(41)38-35(43)39(34(29)42)27-9-5-26(6-10-27)36-17-23-11-24(18-36)13-25(12-23)19-36/h3-10,14-16,23-25H,2,11-13,17-20H2,1H3,(H,38,41,43)/b29-14+. The van der Waals surface area contributed by atoms with Gasteiger partial charge in [-0.3, -0.25) is 25.0 Å². The summed E-state index contributed by atoms with van der Waals surface area (Å²) >= 11 is 3.52. The zero-order valence-electron chi connectivity index (χ0n) is 25.9. The van der Waals surface area contributed by atoms with Gasteiger partial charge in [0, 0.05) is 12.1 Å². The number of anilines is 1. The molecule has 4 aliphatic carbocycles. The Kier molecular flexibility index (Phi) is 8.11. The molecular weight excluding hydrogens is 666 g/mol. The second-order valence-corrected chi connectivity index (χ2v) is 14.0. The van der Waals surface area contributed by atoms with Crippen LogP contribution in [0.25, 0.3) is 6.08 Å². The number of halogens is 1. The van der Waals surface area contributed by atoms with Crippen LogP contribution in [0.1, 0.15) is 62.1 Å². The van der Waals surface area contributed by atoms with E-state index in [4.69, 9.17) is 9.47 Å². The Morgan fingerprint density at radius 3 is 2.19 bits per heavy atom. The highest BCUT2D eigenvalue weighted by Crippen LogP contribution is 2.60. The van der Waals surface area contributed by atoms with E-state index in [1.54, 1.807) is 24.3 Å². The van der Waals surface area contributed by atoms with Crippen LogP contribution in [0.5, 0.6) is 11.5 Å². The van der Waals surface area contributed by atoms with Crippen LogP contribution in [0.2, 0.25) is 0 Å². The number of rotatable bonds is 9. The van der Waals surface area contributed by atoms with Gasteiger partial charge in [0.1, 0.15) is 12.2 Å². The average molecular weight is 701 g/mol. The molecule has 5 fully saturated rings. The Labute approximate surface area is 280 Å². The van der Waals surface area contributed by atoms with Crippen molar-refractivity contribution in [3.8, 4) is 11.5 Å². The highest BCUT2D eigenvalue weighted by molar-refractivity contribution is 9.10. The fraction of sp³-hybridized carbons (Fsp3) is 0.361. The number of carbonyl (C=O) groups excluding carboxylic acids is 3. The van der Waals surface area contributed by atoms with Crippen molar-refractivity contribution in [2.75, 3.05) is 11.5 Å². The van der Waals surface area contributed by atoms with Crippen molar-refractivity contribution in [3.05, 3.63) is 97.5 Å². The first kappa shape index (κ1) is 31.1. The van der Waals surface area contributed by atoms with Crippen molar-refractivity contribution in [2.24, 2.45) is 17.8 Å². The summed E-state index contributed by atoms with van der Waals surface area (Å²) in [5.41, 5.74) is 2.87. The van der Waals surface area contributed by atoms with Gasteiger partial charge in [-0.15, -0.1) is 0 Å². The lowest BCUT2D eigenvalue weighted by molar-refractivity contribution is -0.384. The third-order valence-corrected chi connectivity index (χ3v) is 10.6. The molecule has 47 heavy (non-hydrogen) atoms. The summed E-state index contributed by atoms with van der Waals surface area (Å²) in [7, 11) is 0. The molecule has 0 atom stereocenters. The summed E-state index contributed by atoms with van der Waals surface area (Å²) in [4.78, 5) is 51.1. The predicted molar refractivity (Wildman–Crippen MR) is 178 cm³/mol. The van der Waals surface area contributed by atoms with Gasteiger partial charge in [0.25, 0.3) is 17.5 Å². The minimum Gasteiger partial charge on any atom is -0.490 e. The molecule has 11 heteroatoms. The number of nitrogens with zero attached hydrogens (tertiary/aromatic N) is 2. The second kappa shape index (κ2) is 12.3. The number of hydrogen-bond acceptors (Lipinski definition) is 7. The van der Waals surface area contributed by atoms with Crippen molar-refractivity contribution in [1.29, 1.82) is 0 Å². The number of imide groups is 2. The van der Waals surface area contributed by atoms with E-state index in [1.165, 1.54) is 62.3 Å². The third-order valence-electron chi connectivity index (χ3n) is 10.1. The summed E-state index contributed by atoms with van der Waals surface area (Å²) in [5, 5.41) is 13.3. The molecule has 0 spiro atoms. The Morgan fingerprint density at radius 1 is 0.957 bits per heavy atom. The number of amides is 4. The molecule has 0 aromatic heterocycles. The normalized spacial score (nSPS) is 25.7. The number of hydrogen-bond donors (Lipinski definition) is 1. The molecule has 8 rings (SSSR count). The van der Waals surface area contributed by atoms with Gasteiger partial charge in [0.2, 0.25) is 0 Å². The monoisotopic (exact) mass is 699 g/mol. The number of nitrogens with one attached hydrogen (secondary N) is 1. The van der Waals surface area contributed by atoms with Gasteiger partial charge in [-0.1, -0.05) is 12.1 Å². The molecule has 1 aliphatic heterocycles. The fourth-order valence-corrected chi connectivity index (χ4v) is 9.00. The van der Waals surface area contributed by atoms with Gasteiger partial charge < -0.3 is 9.47 Å². The van der Waals surface area contributed by atoms with Crippen LogP contribution in [0.15, 0.2) is 70.7 Å². The first-order valence-corrected chi connectivity index (χ1v) is 16.8. The molecule has 3 aromatic carbocycles. The lowest BCUT2D eigenvalue weighted by Gasteiger charge is -2.57. The quantitative estimate of drug-likeness (QED) is 0.106. The molecule has 5 aliphatic rings. The molecule has 242 valence electrons. The Bertz CT molecular complexity index is 1770. The van der Waals surface area contributed by atoms with Crippen molar-refractivity contribution in [3.63, 3.8) is 0 Å². The SMILES string of the molecule is CCOc1cc(/C=C2\C(=O)NC(=O)N(c3ccc(C45CC6CC(CC(C6)C4)C5)cc3)C2=O)cc(Br)c1OCc1ccc([N+](=O)[O-])cc1. The zero-order valence-corrected chi connectivity index (χ0v) is 27.5. The Balaban J connectivity index is 1.12. The van der Waals surface area contributed by atoms with Crippen molar-refractivity contribution < 1.29 is 28.8 Å². The van der Waals surface area contributed by atoms with E-state index >= 15 is 0 Å². The largest absolute Gasteiger partial charge is 0.490 e. The van der Waals surface area contributed by atoms with Gasteiger partial charge in [-0.25, -0.2) is 9.69 Å². The van der Waals surface area contributed by atoms with E-state index in [0.717, 1.165) is 28.2 Å². The molecule has 1 heterocycles. The summed E-state index contributed by atoms with van der Waals surface area (Å²) in [6.07, 6.45) is 9.11. The molecule has 1 N–H and O–H groups in total. The second-order valence-electron chi connectivity index (χ2n) is 13.2. The van der Waals surface area contributed by atoms with Crippen LogP contribution in [0.4, 0.5) is 16.2 Å². The summed E-state index contributed by atoms with van der Waals surface area (Å²) in [5.74, 6) is 1.66. The van der Waals surface area contributed by atoms with Gasteiger partial charge >= 0.3 is 6.03 Å². The number of nitro benzene ring substituents is 1. The minimum absolute atomic E-state index is 0.0153. The van der Waals surface area contributed by atoms with Gasteiger partial charge in [-0.2, -0.15) is 0 Å². The van der Waals surface area contributed by atoms with Crippen molar-refractivity contribution in [2.45, 2.75) is 57.5 Å². The van der Waals surface area contributed by atoms with Gasteiger partial charge in [0.15, 0.2) is 11.5 Å². The summed E-state index contributed by atoms with van der Waals surface area (Å²) in [6, 6.07) is 16.3. The number of non-ortho nitro benzene ring substituents is 1. The predicted octanol–water partition coefficient (Wildman–Crippen LogP) is 7.47. The minimum atomic E-state index is -0.786. The van der Waals surface area contributed by atoms with Crippen LogP contribution < -0.4 is 19.7 Å². The third kappa shape index (κ3) is 5.93. The van der Waals surface area contributed by atoms with Crippen molar-refractivity contribution >= 4 is 51.2 Å². The van der Waals surface area contributed by atoms with Gasteiger partial charge in [0.05, 0.1) is 21.7 Å². The smallest absolute Gasteiger partial charge is 0.335 e. The lowest BCUT2D eigenvalue weighted by Crippen LogP contribution is -2.54. The number of ether oxygens (including phenoxy) is 2. The molecule has 4 saturated carbocycles. The van der Waals surface area contributed by atoms with E-state index in [9.17, 15) is 24.5 Å². The first-order chi connectivity index (χ1) is 22.6. The Hall–Kier alpha value is -4.51. The number of nitro groups is 1. The maximum atomic E-state index is 13.7. The molecule has 0 unspecified atom stereocenters. The molecule has 1 saturated heterocycles. The molecule has 0 radical (unpaired) electrons. The fourth-order valence-electron chi connectivity index (χ4n) is 8.43. The van der Waals surface area contributed by atoms with Crippen LogP contribution in [-0.4, -0.2) is 29.4 Å². The maximum Gasteiger partial charge on any atom is 0.335 e. The number of benzene rings is 3. The highest BCUT2D eigenvalue weighted by Gasteiger charge is 2.51. The highest BCUT2D eigenvalue weighted by atomic mass is 79.9.